The molecule has 0 saturated carbocycles. The van der Waals surface area contributed by atoms with Gasteiger partial charge in [0.1, 0.15) is 0 Å². The Morgan fingerprint density at radius 1 is 1.23 bits per heavy atom. The topological polar surface area (TPSA) is 100 Å². The predicted molar refractivity (Wildman–Crippen MR) is 99.8 cm³/mol. The summed E-state index contributed by atoms with van der Waals surface area (Å²) in [5.74, 6) is -1.49. The number of halogens is 1. The molecule has 0 saturated heterocycles. The average molecular weight is 376 g/mol. The molecule has 0 aromatic heterocycles. The van der Waals surface area contributed by atoms with Crippen molar-refractivity contribution in [3.8, 4) is 11.5 Å². The molecule has 0 spiro atoms. The molecule has 0 bridgehead atoms. The van der Waals surface area contributed by atoms with E-state index in [1.54, 1.807) is 37.3 Å². The SMILES string of the molecule is CCOc1cc(/C=N\NC(=O)C(=O)Nc2ccc(C)c(Cl)c2)ccc1O. The molecule has 2 rings (SSSR count). The molecule has 0 fully saturated rings. The number of nitrogens with zero attached hydrogens (tertiary/aromatic N) is 1. The molecule has 0 aliphatic rings. The van der Waals surface area contributed by atoms with E-state index in [0.717, 1.165) is 5.56 Å². The van der Waals surface area contributed by atoms with Gasteiger partial charge in [-0.1, -0.05) is 17.7 Å². The molecular formula is C18H18ClN3O4. The van der Waals surface area contributed by atoms with Crippen molar-refractivity contribution in [2.24, 2.45) is 5.10 Å². The summed E-state index contributed by atoms with van der Waals surface area (Å²) in [4.78, 5) is 23.6. The zero-order valence-corrected chi connectivity index (χ0v) is 15.0. The third-order valence-corrected chi connectivity index (χ3v) is 3.71. The number of hydrogen-bond acceptors (Lipinski definition) is 5. The van der Waals surface area contributed by atoms with Gasteiger partial charge >= 0.3 is 11.8 Å². The smallest absolute Gasteiger partial charge is 0.329 e. The van der Waals surface area contributed by atoms with Crippen LogP contribution in [0.3, 0.4) is 0 Å². The molecule has 0 heterocycles. The number of carbonyl (C=O) groups excluding carboxylic acids is 2. The van der Waals surface area contributed by atoms with Crippen molar-refractivity contribution in [1.29, 1.82) is 0 Å². The molecule has 26 heavy (non-hydrogen) atoms. The molecule has 0 unspecified atom stereocenters. The summed E-state index contributed by atoms with van der Waals surface area (Å²) in [5.41, 5.74) is 3.97. The van der Waals surface area contributed by atoms with E-state index in [9.17, 15) is 14.7 Å². The van der Waals surface area contributed by atoms with E-state index in [4.69, 9.17) is 16.3 Å². The summed E-state index contributed by atoms with van der Waals surface area (Å²) in [7, 11) is 0. The third kappa shape index (κ3) is 5.22. The van der Waals surface area contributed by atoms with Gasteiger partial charge in [-0.2, -0.15) is 5.10 Å². The minimum atomic E-state index is -0.929. The Kier molecular flexibility index (Phi) is 6.57. The lowest BCUT2D eigenvalue weighted by Crippen LogP contribution is -2.32. The molecule has 0 aliphatic heterocycles. The monoisotopic (exact) mass is 375 g/mol. The van der Waals surface area contributed by atoms with E-state index < -0.39 is 11.8 Å². The summed E-state index contributed by atoms with van der Waals surface area (Å²) < 4.78 is 5.25. The highest BCUT2D eigenvalue weighted by Crippen LogP contribution is 2.26. The standard InChI is InChI=1S/C18H18ClN3O4/c1-3-26-16-8-12(5-7-15(16)23)10-20-22-18(25)17(24)21-13-6-4-11(2)14(19)9-13/h4-10,23H,3H2,1-2H3,(H,21,24)(H,22,25)/b20-10-. The number of rotatable bonds is 5. The number of nitrogens with one attached hydrogen (secondary N) is 2. The fourth-order valence-corrected chi connectivity index (χ4v) is 2.14. The van der Waals surface area contributed by atoms with Crippen LogP contribution in [0.2, 0.25) is 5.02 Å². The van der Waals surface area contributed by atoms with Crippen molar-refractivity contribution in [1.82, 2.24) is 5.43 Å². The van der Waals surface area contributed by atoms with Gasteiger partial charge in [-0.25, -0.2) is 5.43 Å². The minimum absolute atomic E-state index is 0.00386. The highest BCUT2D eigenvalue weighted by molar-refractivity contribution is 6.39. The molecule has 2 amide bonds. The first kappa shape index (κ1) is 19.3. The fraction of sp³-hybridized carbons (Fsp3) is 0.167. The van der Waals surface area contributed by atoms with E-state index >= 15 is 0 Å². The summed E-state index contributed by atoms with van der Waals surface area (Å²) in [6.45, 7) is 4.02. The minimum Gasteiger partial charge on any atom is -0.504 e. The van der Waals surface area contributed by atoms with Crippen LogP contribution < -0.4 is 15.5 Å². The maximum absolute atomic E-state index is 11.8. The van der Waals surface area contributed by atoms with Crippen molar-refractivity contribution in [2.75, 3.05) is 11.9 Å². The molecule has 2 aromatic carbocycles. The van der Waals surface area contributed by atoms with Crippen LogP contribution in [-0.2, 0) is 9.59 Å². The molecule has 0 aliphatic carbocycles. The molecule has 7 nitrogen and oxygen atoms in total. The van der Waals surface area contributed by atoms with Crippen molar-refractivity contribution >= 4 is 35.3 Å². The second-order valence-electron chi connectivity index (χ2n) is 5.28. The first-order valence-corrected chi connectivity index (χ1v) is 8.15. The zero-order chi connectivity index (χ0) is 19.1. The van der Waals surface area contributed by atoms with Crippen LogP contribution in [0.5, 0.6) is 11.5 Å². The van der Waals surface area contributed by atoms with Crippen LogP contribution >= 0.6 is 11.6 Å². The van der Waals surface area contributed by atoms with E-state index in [-0.39, 0.29) is 5.75 Å². The van der Waals surface area contributed by atoms with E-state index in [1.807, 2.05) is 6.92 Å². The molecule has 8 heteroatoms. The molecule has 136 valence electrons. The van der Waals surface area contributed by atoms with Crippen LogP contribution in [0.1, 0.15) is 18.1 Å². The predicted octanol–water partition coefficient (Wildman–Crippen LogP) is 2.84. The number of hydrogen-bond donors (Lipinski definition) is 3. The molecule has 0 radical (unpaired) electrons. The van der Waals surface area contributed by atoms with Gasteiger partial charge in [0.05, 0.1) is 12.8 Å². The Hall–Kier alpha value is -3.06. The van der Waals surface area contributed by atoms with Crippen molar-refractivity contribution in [3.63, 3.8) is 0 Å². The van der Waals surface area contributed by atoms with Gasteiger partial charge in [-0.05, 0) is 55.3 Å². The number of ether oxygens (including phenoxy) is 1. The number of phenols is 1. The van der Waals surface area contributed by atoms with Gasteiger partial charge in [0.15, 0.2) is 11.5 Å². The van der Waals surface area contributed by atoms with Crippen LogP contribution in [0.25, 0.3) is 0 Å². The lowest BCUT2D eigenvalue weighted by molar-refractivity contribution is -0.136. The second kappa shape index (κ2) is 8.87. The second-order valence-corrected chi connectivity index (χ2v) is 5.68. The van der Waals surface area contributed by atoms with Crippen molar-refractivity contribution < 1.29 is 19.4 Å². The zero-order valence-electron chi connectivity index (χ0n) is 14.2. The molecular weight excluding hydrogens is 358 g/mol. The van der Waals surface area contributed by atoms with E-state index in [0.29, 0.717) is 28.6 Å². The van der Waals surface area contributed by atoms with Crippen molar-refractivity contribution in [3.05, 3.63) is 52.5 Å². The summed E-state index contributed by atoms with van der Waals surface area (Å²) in [5, 5.41) is 16.3. The molecule has 0 atom stereocenters. The van der Waals surface area contributed by atoms with E-state index in [1.165, 1.54) is 12.3 Å². The Labute approximate surface area is 155 Å². The first-order chi connectivity index (χ1) is 12.4. The molecule has 3 N–H and O–H groups in total. The number of carbonyl (C=O) groups is 2. The maximum Gasteiger partial charge on any atom is 0.329 e. The largest absolute Gasteiger partial charge is 0.504 e. The lowest BCUT2D eigenvalue weighted by Gasteiger charge is -2.06. The number of hydrazone groups is 1. The Bertz CT molecular complexity index is 852. The lowest BCUT2D eigenvalue weighted by atomic mass is 10.2. The number of anilines is 1. The fourth-order valence-electron chi connectivity index (χ4n) is 1.96. The number of aromatic hydroxyl groups is 1. The highest BCUT2D eigenvalue weighted by atomic mass is 35.5. The number of benzene rings is 2. The Morgan fingerprint density at radius 3 is 2.69 bits per heavy atom. The third-order valence-electron chi connectivity index (χ3n) is 3.30. The van der Waals surface area contributed by atoms with Crippen LogP contribution in [0.15, 0.2) is 41.5 Å². The van der Waals surface area contributed by atoms with Gasteiger partial charge in [0.25, 0.3) is 0 Å². The van der Waals surface area contributed by atoms with Crippen LogP contribution in [0.4, 0.5) is 5.69 Å². The Balaban J connectivity index is 1.94. The van der Waals surface area contributed by atoms with Crippen molar-refractivity contribution in [2.45, 2.75) is 13.8 Å². The Morgan fingerprint density at radius 2 is 2.00 bits per heavy atom. The molecule has 2 aromatic rings. The number of aryl methyl sites for hydroxylation is 1. The van der Waals surface area contributed by atoms with Gasteiger partial charge in [0.2, 0.25) is 0 Å². The van der Waals surface area contributed by atoms with E-state index in [2.05, 4.69) is 15.8 Å². The quantitative estimate of drug-likeness (QED) is 0.425. The summed E-state index contributed by atoms with van der Waals surface area (Å²) in [6.07, 6.45) is 1.33. The maximum atomic E-state index is 11.8. The van der Waals surface area contributed by atoms with Crippen LogP contribution in [-0.4, -0.2) is 29.7 Å². The normalized spacial score (nSPS) is 10.6. The highest BCUT2D eigenvalue weighted by Gasteiger charge is 2.13. The van der Waals surface area contributed by atoms with Gasteiger partial charge in [-0.3, -0.25) is 9.59 Å². The number of amides is 2. The van der Waals surface area contributed by atoms with Gasteiger partial charge in [-0.15, -0.1) is 0 Å². The first-order valence-electron chi connectivity index (χ1n) is 7.77. The number of phenolic OH excluding ortho intramolecular Hbond substituents is 1. The van der Waals surface area contributed by atoms with Gasteiger partial charge in [0, 0.05) is 10.7 Å². The van der Waals surface area contributed by atoms with Gasteiger partial charge < -0.3 is 15.2 Å². The average Bonchev–Trinajstić information content (AvgIpc) is 2.61. The van der Waals surface area contributed by atoms with Crippen LogP contribution in [0, 0.1) is 6.92 Å². The summed E-state index contributed by atoms with van der Waals surface area (Å²) >= 11 is 5.97. The summed E-state index contributed by atoms with van der Waals surface area (Å²) in [6, 6.07) is 9.51.